The van der Waals surface area contributed by atoms with Gasteiger partial charge in [-0.25, -0.2) is 9.50 Å². The Morgan fingerprint density at radius 3 is 2.81 bits per heavy atom. The maximum absolute atomic E-state index is 8.82. The molecule has 0 bridgehead atoms. The Kier molecular flexibility index (Phi) is 2.86. The van der Waals surface area contributed by atoms with Crippen LogP contribution in [0.25, 0.3) is 16.2 Å². The van der Waals surface area contributed by atoms with Crippen molar-refractivity contribution in [2.45, 2.75) is 12.8 Å². The van der Waals surface area contributed by atoms with Gasteiger partial charge in [0.15, 0.2) is 0 Å². The molecule has 0 atom stereocenters. The highest BCUT2D eigenvalue weighted by Crippen LogP contribution is 2.30. The molecule has 104 valence electrons. The van der Waals surface area contributed by atoms with Gasteiger partial charge in [0.05, 0.1) is 23.5 Å². The summed E-state index contributed by atoms with van der Waals surface area (Å²) in [4.78, 5) is 5.48. The number of imidazole rings is 1. The van der Waals surface area contributed by atoms with Crippen molar-refractivity contribution in [3.8, 4) is 17.3 Å². The molecular weight excluding hydrogens is 282 g/mol. The van der Waals surface area contributed by atoms with Crippen molar-refractivity contribution in [1.82, 2.24) is 14.6 Å². The van der Waals surface area contributed by atoms with Gasteiger partial charge in [-0.3, -0.25) is 0 Å². The summed E-state index contributed by atoms with van der Waals surface area (Å²) in [6.07, 6.45) is 4.59. The molecule has 4 rings (SSSR count). The number of rotatable bonds is 4. The van der Waals surface area contributed by atoms with E-state index in [1.807, 2.05) is 22.8 Å². The lowest BCUT2D eigenvalue weighted by Gasteiger charge is -1.98. The van der Waals surface area contributed by atoms with Gasteiger partial charge in [-0.2, -0.15) is 5.26 Å². The third-order valence-electron chi connectivity index (χ3n) is 3.59. The van der Waals surface area contributed by atoms with Crippen LogP contribution in [0.5, 0.6) is 0 Å². The maximum Gasteiger partial charge on any atom is 0.214 e. The van der Waals surface area contributed by atoms with E-state index in [4.69, 9.17) is 5.26 Å². The Morgan fingerprint density at radius 2 is 2.14 bits per heavy atom. The van der Waals surface area contributed by atoms with Crippen LogP contribution in [0.3, 0.4) is 0 Å². The van der Waals surface area contributed by atoms with Gasteiger partial charge >= 0.3 is 0 Å². The van der Waals surface area contributed by atoms with Crippen LogP contribution in [0.2, 0.25) is 0 Å². The minimum absolute atomic E-state index is 0.657. The quantitative estimate of drug-likeness (QED) is 0.803. The van der Waals surface area contributed by atoms with Crippen LogP contribution in [0.4, 0.5) is 5.13 Å². The fraction of sp³-hybridized carbons (Fsp3) is 0.267. The number of hydrogen-bond acceptors (Lipinski definition) is 5. The van der Waals surface area contributed by atoms with Gasteiger partial charge in [0.2, 0.25) is 10.1 Å². The second-order valence-corrected chi connectivity index (χ2v) is 6.23. The highest BCUT2D eigenvalue weighted by atomic mass is 32.1. The number of fused-ring (bicyclic) bond motifs is 1. The Balaban J connectivity index is 1.58. The Morgan fingerprint density at radius 1 is 1.33 bits per heavy atom. The minimum atomic E-state index is 0.657. The fourth-order valence-corrected chi connectivity index (χ4v) is 2.97. The first-order valence-electron chi connectivity index (χ1n) is 6.92. The van der Waals surface area contributed by atoms with Gasteiger partial charge < -0.3 is 5.32 Å². The number of nitriles is 1. The summed E-state index contributed by atoms with van der Waals surface area (Å²) in [6, 6.07) is 9.56. The lowest BCUT2D eigenvalue weighted by atomic mass is 10.1. The van der Waals surface area contributed by atoms with E-state index in [-0.39, 0.29) is 0 Å². The van der Waals surface area contributed by atoms with Crippen molar-refractivity contribution in [1.29, 1.82) is 5.26 Å². The monoisotopic (exact) mass is 295 g/mol. The van der Waals surface area contributed by atoms with E-state index in [9.17, 15) is 0 Å². The van der Waals surface area contributed by atoms with E-state index in [1.54, 1.807) is 23.5 Å². The lowest BCUT2D eigenvalue weighted by molar-refractivity contribution is 0.874. The van der Waals surface area contributed by atoms with Crippen LogP contribution in [0.15, 0.2) is 30.5 Å². The Hall–Kier alpha value is -2.39. The first-order chi connectivity index (χ1) is 10.3. The molecule has 0 radical (unpaired) electrons. The standard InChI is InChI=1S/C15H13N5S/c16-7-10-3-5-12(6-4-10)13-9-20-15(18-13)21-14(19-20)17-8-11-1-2-11/h3-6,9,11H,1-2,8H2,(H,17,19). The molecule has 0 saturated heterocycles. The average molecular weight is 295 g/mol. The van der Waals surface area contributed by atoms with Gasteiger partial charge in [0, 0.05) is 12.1 Å². The molecule has 5 nitrogen and oxygen atoms in total. The average Bonchev–Trinajstić information content (AvgIpc) is 3.14. The smallest absolute Gasteiger partial charge is 0.214 e. The predicted octanol–water partition coefficient (Wildman–Crippen LogP) is 3.15. The summed E-state index contributed by atoms with van der Waals surface area (Å²) in [5.74, 6) is 0.829. The van der Waals surface area contributed by atoms with Crippen molar-refractivity contribution in [2.75, 3.05) is 11.9 Å². The van der Waals surface area contributed by atoms with Gasteiger partial charge in [-0.1, -0.05) is 23.5 Å². The molecule has 1 aromatic carbocycles. The first kappa shape index (κ1) is 12.4. The summed E-state index contributed by atoms with van der Waals surface area (Å²) in [7, 11) is 0. The molecule has 1 aliphatic carbocycles. The normalized spacial score (nSPS) is 14.2. The molecule has 6 heteroatoms. The molecule has 21 heavy (non-hydrogen) atoms. The molecule has 2 heterocycles. The molecule has 0 aliphatic heterocycles. The lowest BCUT2D eigenvalue weighted by Crippen LogP contribution is -2.02. The molecule has 1 fully saturated rings. The van der Waals surface area contributed by atoms with Crippen LogP contribution < -0.4 is 5.32 Å². The van der Waals surface area contributed by atoms with Crippen molar-refractivity contribution >= 4 is 21.4 Å². The number of anilines is 1. The van der Waals surface area contributed by atoms with E-state index in [2.05, 4.69) is 21.5 Å². The van der Waals surface area contributed by atoms with Crippen molar-refractivity contribution in [2.24, 2.45) is 5.92 Å². The minimum Gasteiger partial charge on any atom is -0.360 e. The summed E-state index contributed by atoms with van der Waals surface area (Å²) in [6.45, 7) is 1.01. The number of nitrogens with zero attached hydrogens (tertiary/aromatic N) is 4. The van der Waals surface area contributed by atoms with Crippen LogP contribution in [0, 0.1) is 17.2 Å². The van der Waals surface area contributed by atoms with E-state index in [0.29, 0.717) is 5.56 Å². The second kappa shape index (κ2) is 4.86. The second-order valence-electron chi connectivity index (χ2n) is 5.27. The zero-order valence-electron chi connectivity index (χ0n) is 11.3. The van der Waals surface area contributed by atoms with Gasteiger partial charge in [-0.05, 0) is 30.9 Å². The Bertz CT molecular complexity index is 788. The number of nitrogens with one attached hydrogen (secondary N) is 1. The van der Waals surface area contributed by atoms with Crippen molar-refractivity contribution in [3.63, 3.8) is 0 Å². The number of hydrogen-bond donors (Lipinski definition) is 1. The van der Waals surface area contributed by atoms with E-state index in [0.717, 1.165) is 33.8 Å². The Labute approximate surface area is 125 Å². The molecular formula is C15H13N5S. The first-order valence-corrected chi connectivity index (χ1v) is 7.74. The molecule has 3 aromatic rings. The van der Waals surface area contributed by atoms with E-state index in [1.165, 1.54) is 12.8 Å². The number of benzene rings is 1. The summed E-state index contributed by atoms with van der Waals surface area (Å²) >= 11 is 1.57. The SMILES string of the molecule is N#Cc1ccc(-c2cn3nc(NCC4CC4)sc3n2)cc1. The summed E-state index contributed by atoms with van der Waals surface area (Å²) in [5, 5.41) is 17.6. The van der Waals surface area contributed by atoms with Crippen LogP contribution in [-0.4, -0.2) is 21.1 Å². The van der Waals surface area contributed by atoms with E-state index < -0.39 is 0 Å². The zero-order valence-corrected chi connectivity index (χ0v) is 12.1. The molecule has 1 N–H and O–H groups in total. The highest BCUT2D eigenvalue weighted by molar-refractivity contribution is 7.20. The van der Waals surface area contributed by atoms with Crippen molar-refractivity contribution < 1.29 is 0 Å². The molecule has 2 aromatic heterocycles. The topological polar surface area (TPSA) is 66.0 Å². The molecule has 0 unspecified atom stereocenters. The summed E-state index contributed by atoms with van der Waals surface area (Å²) < 4.78 is 1.81. The molecule has 1 aliphatic rings. The third-order valence-corrected chi connectivity index (χ3v) is 4.47. The maximum atomic E-state index is 8.82. The predicted molar refractivity (Wildman–Crippen MR) is 82.2 cm³/mol. The summed E-state index contributed by atoms with van der Waals surface area (Å²) in [5.41, 5.74) is 2.54. The molecule has 0 spiro atoms. The van der Waals surface area contributed by atoms with Gasteiger partial charge in [0.25, 0.3) is 0 Å². The van der Waals surface area contributed by atoms with E-state index >= 15 is 0 Å². The fourth-order valence-electron chi connectivity index (χ4n) is 2.18. The van der Waals surface area contributed by atoms with Crippen LogP contribution in [-0.2, 0) is 0 Å². The zero-order chi connectivity index (χ0) is 14.2. The van der Waals surface area contributed by atoms with Gasteiger partial charge in [-0.15, -0.1) is 5.10 Å². The third kappa shape index (κ3) is 2.48. The van der Waals surface area contributed by atoms with Gasteiger partial charge in [0.1, 0.15) is 0 Å². The van der Waals surface area contributed by atoms with Crippen molar-refractivity contribution in [3.05, 3.63) is 36.0 Å². The largest absolute Gasteiger partial charge is 0.360 e. The van der Waals surface area contributed by atoms with Crippen LogP contribution in [0.1, 0.15) is 18.4 Å². The number of aromatic nitrogens is 3. The van der Waals surface area contributed by atoms with Crippen LogP contribution >= 0.6 is 11.3 Å². The molecule has 0 amide bonds. The highest BCUT2D eigenvalue weighted by Gasteiger charge is 2.21. The molecule has 1 saturated carbocycles.